The van der Waals surface area contributed by atoms with E-state index in [-0.39, 0.29) is 23.6 Å². The summed E-state index contributed by atoms with van der Waals surface area (Å²) in [5, 5.41) is 20.4. The molecule has 0 saturated carbocycles. The number of alkyl halides is 3. The van der Waals surface area contributed by atoms with E-state index in [1.807, 2.05) is 6.92 Å². The molecule has 0 amide bonds. The SMILES string of the molecule is CCCc1c(NCc2cn[nH]c2-c2cccc(C(F)(F)F)c2)ccc(C(C)=O)c1O. The van der Waals surface area contributed by atoms with Gasteiger partial charge in [-0.2, -0.15) is 18.3 Å². The molecular formula is C22H22F3N3O2. The number of hydrogen-bond donors (Lipinski definition) is 3. The minimum atomic E-state index is -4.43. The normalized spacial score (nSPS) is 11.5. The lowest BCUT2D eigenvalue weighted by Gasteiger charge is -2.15. The third kappa shape index (κ3) is 4.48. The molecule has 0 atom stereocenters. The first-order valence-corrected chi connectivity index (χ1v) is 9.51. The van der Waals surface area contributed by atoms with Crippen LogP contribution in [0.5, 0.6) is 5.75 Å². The summed E-state index contributed by atoms with van der Waals surface area (Å²) in [5.74, 6) is -0.266. The van der Waals surface area contributed by atoms with Crippen LogP contribution >= 0.6 is 0 Å². The highest BCUT2D eigenvalue weighted by atomic mass is 19.4. The summed E-state index contributed by atoms with van der Waals surface area (Å²) in [7, 11) is 0. The second-order valence-electron chi connectivity index (χ2n) is 7.00. The molecule has 3 rings (SSSR count). The highest BCUT2D eigenvalue weighted by molar-refractivity contribution is 5.98. The molecule has 30 heavy (non-hydrogen) atoms. The van der Waals surface area contributed by atoms with Crippen molar-refractivity contribution in [2.24, 2.45) is 0 Å². The fourth-order valence-corrected chi connectivity index (χ4v) is 3.33. The van der Waals surface area contributed by atoms with Gasteiger partial charge in [-0.1, -0.05) is 25.5 Å². The molecule has 0 fully saturated rings. The molecule has 8 heteroatoms. The van der Waals surface area contributed by atoms with Crippen molar-refractivity contribution >= 4 is 11.5 Å². The lowest BCUT2D eigenvalue weighted by atomic mass is 10.00. The maximum absolute atomic E-state index is 13.0. The van der Waals surface area contributed by atoms with Gasteiger partial charge in [-0.3, -0.25) is 9.89 Å². The molecule has 0 radical (unpaired) electrons. The first-order chi connectivity index (χ1) is 14.2. The lowest BCUT2D eigenvalue weighted by molar-refractivity contribution is -0.137. The minimum Gasteiger partial charge on any atom is -0.507 e. The van der Waals surface area contributed by atoms with Gasteiger partial charge in [-0.05, 0) is 37.6 Å². The summed E-state index contributed by atoms with van der Waals surface area (Å²) in [4.78, 5) is 11.7. The Hall–Kier alpha value is -3.29. The highest BCUT2D eigenvalue weighted by Gasteiger charge is 2.30. The topological polar surface area (TPSA) is 78.0 Å². The molecule has 0 aliphatic carbocycles. The lowest BCUT2D eigenvalue weighted by Crippen LogP contribution is -2.06. The van der Waals surface area contributed by atoms with Crippen LogP contribution in [0, 0.1) is 0 Å². The zero-order chi connectivity index (χ0) is 21.9. The average Bonchev–Trinajstić information content (AvgIpc) is 3.16. The van der Waals surface area contributed by atoms with Crippen molar-refractivity contribution in [3.63, 3.8) is 0 Å². The first kappa shape index (κ1) is 21.4. The van der Waals surface area contributed by atoms with Gasteiger partial charge in [0, 0.05) is 28.9 Å². The summed E-state index contributed by atoms with van der Waals surface area (Å²) in [5.41, 5.74) is 2.36. The van der Waals surface area contributed by atoms with Crippen molar-refractivity contribution in [2.45, 2.75) is 39.4 Å². The van der Waals surface area contributed by atoms with Crippen LogP contribution in [-0.2, 0) is 19.1 Å². The fourth-order valence-electron chi connectivity index (χ4n) is 3.33. The fraction of sp³-hybridized carbons (Fsp3) is 0.273. The van der Waals surface area contributed by atoms with Gasteiger partial charge < -0.3 is 10.4 Å². The third-order valence-corrected chi connectivity index (χ3v) is 4.83. The maximum Gasteiger partial charge on any atom is 0.416 e. The Labute approximate surface area is 171 Å². The number of aromatic nitrogens is 2. The molecule has 1 aromatic heterocycles. The average molecular weight is 417 g/mol. The van der Waals surface area contributed by atoms with E-state index in [4.69, 9.17) is 0 Å². The van der Waals surface area contributed by atoms with Crippen molar-refractivity contribution in [1.29, 1.82) is 0 Å². The standard InChI is InChI=1S/C22H22F3N3O2/c1-3-5-18-19(9-8-17(13(2)29)21(18)30)26-11-15-12-27-28-20(15)14-6-4-7-16(10-14)22(23,24)25/h4,6-10,12,26,30H,3,5,11H2,1-2H3,(H,27,28). The Morgan fingerprint density at radius 2 is 2.00 bits per heavy atom. The number of phenolic OH excluding ortho intramolecular Hbond substituents is 1. The number of ketones is 1. The Balaban J connectivity index is 1.88. The van der Waals surface area contributed by atoms with E-state index in [1.165, 1.54) is 13.0 Å². The van der Waals surface area contributed by atoms with Gasteiger partial charge in [0.25, 0.3) is 0 Å². The van der Waals surface area contributed by atoms with Crippen LogP contribution in [0.1, 0.15) is 47.3 Å². The van der Waals surface area contributed by atoms with E-state index in [9.17, 15) is 23.1 Å². The van der Waals surface area contributed by atoms with Gasteiger partial charge in [0.15, 0.2) is 5.78 Å². The number of carbonyl (C=O) groups excluding carboxylic acids is 1. The van der Waals surface area contributed by atoms with Gasteiger partial charge >= 0.3 is 6.18 Å². The second-order valence-corrected chi connectivity index (χ2v) is 7.00. The molecular weight excluding hydrogens is 395 g/mol. The van der Waals surface area contributed by atoms with Crippen molar-refractivity contribution in [3.8, 4) is 17.0 Å². The maximum atomic E-state index is 13.0. The molecule has 0 unspecified atom stereocenters. The predicted octanol–water partition coefficient (Wildman–Crippen LogP) is 5.57. The van der Waals surface area contributed by atoms with E-state index in [0.717, 1.165) is 18.6 Å². The number of benzene rings is 2. The number of hydrogen-bond acceptors (Lipinski definition) is 4. The van der Waals surface area contributed by atoms with Crippen LogP contribution in [0.25, 0.3) is 11.3 Å². The smallest absolute Gasteiger partial charge is 0.416 e. The monoisotopic (exact) mass is 417 g/mol. The van der Waals surface area contributed by atoms with Crippen molar-refractivity contribution in [3.05, 3.63) is 64.8 Å². The van der Waals surface area contributed by atoms with E-state index < -0.39 is 11.7 Å². The molecule has 0 aliphatic rings. The molecule has 0 spiro atoms. The number of halogens is 3. The van der Waals surface area contributed by atoms with Gasteiger partial charge in [-0.15, -0.1) is 0 Å². The summed E-state index contributed by atoms with van der Waals surface area (Å²) in [6.07, 6.45) is -1.54. The third-order valence-electron chi connectivity index (χ3n) is 4.83. The van der Waals surface area contributed by atoms with Crippen molar-refractivity contribution in [1.82, 2.24) is 10.2 Å². The summed E-state index contributed by atoms with van der Waals surface area (Å²) >= 11 is 0. The van der Waals surface area contributed by atoms with Gasteiger partial charge in [-0.25, -0.2) is 0 Å². The van der Waals surface area contributed by atoms with Gasteiger partial charge in [0.05, 0.1) is 23.0 Å². The Bertz CT molecular complexity index is 1060. The Morgan fingerprint density at radius 1 is 1.23 bits per heavy atom. The predicted molar refractivity (Wildman–Crippen MR) is 108 cm³/mol. The molecule has 0 bridgehead atoms. The number of carbonyl (C=O) groups is 1. The van der Waals surface area contributed by atoms with Crippen LogP contribution in [0.15, 0.2) is 42.6 Å². The number of nitrogens with zero attached hydrogens (tertiary/aromatic N) is 1. The van der Waals surface area contributed by atoms with Crippen LogP contribution in [-0.4, -0.2) is 21.1 Å². The largest absolute Gasteiger partial charge is 0.507 e. The second kappa shape index (κ2) is 8.61. The first-order valence-electron chi connectivity index (χ1n) is 9.51. The van der Waals surface area contributed by atoms with E-state index in [0.29, 0.717) is 34.5 Å². The number of rotatable bonds is 7. The number of nitrogens with one attached hydrogen (secondary N) is 2. The summed E-state index contributed by atoms with van der Waals surface area (Å²) < 4.78 is 39.1. The highest BCUT2D eigenvalue weighted by Crippen LogP contribution is 2.34. The van der Waals surface area contributed by atoms with E-state index in [2.05, 4.69) is 15.5 Å². The number of Topliss-reactive ketones (excluding diaryl/α,β-unsaturated/α-hetero) is 1. The molecule has 0 saturated heterocycles. The van der Waals surface area contributed by atoms with Crippen LogP contribution in [0.4, 0.5) is 18.9 Å². The van der Waals surface area contributed by atoms with Crippen molar-refractivity contribution < 1.29 is 23.1 Å². The quantitative estimate of drug-likeness (QED) is 0.439. The van der Waals surface area contributed by atoms with Gasteiger partial charge in [0.2, 0.25) is 0 Å². The number of aromatic amines is 1. The summed E-state index contributed by atoms with van der Waals surface area (Å²) in [6.45, 7) is 3.63. The Morgan fingerprint density at radius 3 is 2.67 bits per heavy atom. The number of phenols is 1. The number of H-pyrrole nitrogens is 1. The number of aromatic hydroxyl groups is 1. The number of anilines is 1. The van der Waals surface area contributed by atoms with E-state index in [1.54, 1.807) is 24.4 Å². The van der Waals surface area contributed by atoms with Gasteiger partial charge in [0.1, 0.15) is 5.75 Å². The summed E-state index contributed by atoms with van der Waals surface area (Å²) in [6, 6.07) is 8.32. The molecule has 2 aromatic carbocycles. The molecule has 158 valence electrons. The zero-order valence-corrected chi connectivity index (χ0v) is 16.6. The molecule has 5 nitrogen and oxygen atoms in total. The minimum absolute atomic E-state index is 0.0420. The molecule has 1 heterocycles. The van der Waals surface area contributed by atoms with E-state index >= 15 is 0 Å². The Kier molecular flexibility index (Phi) is 6.14. The van der Waals surface area contributed by atoms with Crippen LogP contribution in [0.3, 0.4) is 0 Å². The van der Waals surface area contributed by atoms with Crippen LogP contribution in [0.2, 0.25) is 0 Å². The molecule has 0 aliphatic heterocycles. The molecule has 3 aromatic rings. The zero-order valence-electron chi connectivity index (χ0n) is 16.6. The van der Waals surface area contributed by atoms with Crippen molar-refractivity contribution in [2.75, 3.05) is 5.32 Å². The van der Waals surface area contributed by atoms with Crippen LogP contribution < -0.4 is 5.32 Å². The molecule has 3 N–H and O–H groups in total.